The Labute approximate surface area is 184 Å². The van der Waals surface area contributed by atoms with Gasteiger partial charge in [-0.25, -0.2) is 13.8 Å². The van der Waals surface area contributed by atoms with Gasteiger partial charge in [0.1, 0.15) is 11.8 Å². The molecule has 1 fully saturated rings. The lowest BCUT2D eigenvalue weighted by molar-refractivity contribution is -0.124. The number of nitrogens with one attached hydrogen (secondary N) is 1. The van der Waals surface area contributed by atoms with Crippen LogP contribution in [0, 0.1) is 0 Å². The monoisotopic (exact) mass is 464 g/mol. The second-order valence-electron chi connectivity index (χ2n) is 6.79. The van der Waals surface area contributed by atoms with Gasteiger partial charge in [-0.15, -0.1) is 0 Å². The van der Waals surface area contributed by atoms with Gasteiger partial charge in [-0.05, 0) is 66.9 Å². The van der Waals surface area contributed by atoms with E-state index in [1.807, 2.05) is 0 Å². The maximum Gasteiger partial charge on any atom is 0.258 e. The molecule has 9 nitrogen and oxygen atoms in total. The number of sulfonamides is 1. The molecule has 2 amide bonds. The normalized spacial score (nSPS) is 17.0. The van der Waals surface area contributed by atoms with E-state index < -0.39 is 27.9 Å². The molecule has 1 atom stereocenters. The number of rotatable bonds is 8. The molecule has 1 aliphatic rings. The van der Waals surface area contributed by atoms with Crippen molar-refractivity contribution in [2.24, 2.45) is 10.8 Å². The summed E-state index contributed by atoms with van der Waals surface area (Å²) in [7, 11) is -3.83. The van der Waals surface area contributed by atoms with E-state index in [0.29, 0.717) is 29.2 Å². The van der Waals surface area contributed by atoms with Gasteiger partial charge in [0.15, 0.2) is 6.61 Å². The number of carbonyl (C=O) groups is 2. The Hall–Kier alpha value is -2.95. The molecular formula is C20H21ClN4O5S. The summed E-state index contributed by atoms with van der Waals surface area (Å²) in [4.78, 5) is 23.4. The fraction of sp³-hybridized carbons (Fsp3) is 0.250. The van der Waals surface area contributed by atoms with E-state index in [9.17, 15) is 18.0 Å². The third kappa shape index (κ3) is 5.81. The first-order valence-corrected chi connectivity index (χ1v) is 11.2. The Kier molecular flexibility index (Phi) is 7.26. The quantitative estimate of drug-likeness (QED) is 0.451. The number of ether oxygens (including phenoxy) is 1. The number of hydrogen-bond acceptors (Lipinski definition) is 6. The molecule has 0 aromatic heterocycles. The van der Waals surface area contributed by atoms with Gasteiger partial charge >= 0.3 is 0 Å². The van der Waals surface area contributed by atoms with Crippen LogP contribution < -0.4 is 15.9 Å². The maximum absolute atomic E-state index is 12.9. The Morgan fingerprint density at radius 2 is 1.87 bits per heavy atom. The van der Waals surface area contributed by atoms with Crippen LogP contribution in [0.15, 0.2) is 58.5 Å². The number of hydrazone groups is 1. The lowest BCUT2D eigenvalue weighted by Crippen LogP contribution is -2.44. The molecule has 0 radical (unpaired) electrons. The van der Waals surface area contributed by atoms with Gasteiger partial charge in [0.05, 0.1) is 11.1 Å². The lowest BCUT2D eigenvalue weighted by Gasteiger charge is -2.22. The predicted molar refractivity (Wildman–Crippen MR) is 115 cm³/mol. The topological polar surface area (TPSA) is 131 Å². The van der Waals surface area contributed by atoms with Gasteiger partial charge in [-0.3, -0.25) is 9.59 Å². The summed E-state index contributed by atoms with van der Waals surface area (Å²) < 4.78 is 32.2. The van der Waals surface area contributed by atoms with Crippen molar-refractivity contribution in [3.8, 4) is 5.75 Å². The van der Waals surface area contributed by atoms with Crippen molar-refractivity contribution < 1.29 is 22.7 Å². The van der Waals surface area contributed by atoms with E-state index in [2.05, 4.69) is 10.5 Å². The zero-order chi connectivity index (χ0) is 22.4. The molecule has 31 heavy (non-hydrogen) atoms. The van der Waals surface area contributed by atoms with Gasteiger partial charge in [0.2, 0.25) is 10.0 Å². The van der Waals surface area contributed by atoms with Gasteiger partial charge in [0.25, 0.3) is 11.8 Å². The smallest absolute Gasteiger partial charge is 0.258 e. The molecule has 1 aliphatic heterocycles. The fourth-order valence-electron chi connectivity index (χ4n) is 3.08. The first-order valence-electron chi connectivity index (χ1n) is 9.39. The van der Waals surface area contributed by atoms with Crippen molar-refractivity contribution in [1.29, 1.82) is 0 Å². The third-order valence-electron chi connectivity index (χ3n) is 4.58. The highest BCUT2D eigenvalue weighted by Crippen LogP contribution is 2.27. The highest BCUT2D eigenvalue weighted by atomic mass is 35.5. The molecule has 11 heteroatoms. The molecule has 2 aromatic rings. The number of benzene rings is 2. The lowest BCUT2D eigenvalue weighted by atomic mass is 10.2. The largest absolute Gasteiger partial charge is 0.484 e. The Bertz CT molecular complexity index is 1070. The predicted octanol–water partition coefficient (Wildman–Crippen LogP) is 1.51. The van der Waals surface area contributed by atoms with Crippen LogP contribution in [-0.4, -0.2) is 49.9 Å². The number of halogens is 1. The first-order chi connectivity index (χ1) is 14.8. The van der Waals surface area contributed by atoms with Crippen molar-refractivity contribution in [3.63, 3.8) is 0 Å². The number of amides is 2. The Morgan fingerprint density at radius 1 is 1.19 bits per heavy atom. The second-order valence-corrected chi connectivity index (χ2v) is 9.11. The Morgan fingerprint density at radius 3 is 2.52 bits per heavy atom. The highest BCUT2D eigenvalue weighted by molar-refractivity contribution is 7.89. The van der Waals surface area contributed by atoms with Crippen LogP contribution in [0.3, 0.4) is 0 Å². The maximum atomic E-state index is 12.9. The molecule has 164 valence electrons. The molecule has 1 saturated heterocycles. The van der Waals surface area contributed by atoms with Gasteiger partial charge in [-0.2, -0.15) is 9.41 Å². The van der Waals surface area contributed by atoms with Crippen molar-refractivity contribution >= 4 is 39.7 Å². The van der Waals surface area contributed by atoms with E-state index in [4.69, 9.17) is 22.1 Å². The second kappa shape index (κ2) is 9.90. The number of carbonyl (C=O) groups excluding carboxylic acids is 2. The van der Waals surface area contributed by atoms with Crippen LogP contribution in [-0.2, 0) is 19.6 Å². The van der Waals surface area contributed by atoms with Crippen LogP contribution in [0.1, 0.15) is 18.4 Å². The average Bonchev–Trinajstić information content (AvgIpc) is 3.24. The average molecular weight is 465 g/mol. The van der Waals surface area contributed by atoms with E-state index in [0.717, 1.165) is 0 Å². The molecule has 0 spiro atoms. The van der Waals surface area contributed by atoms with E-state index in [1.165, 1.54) is 34.8 Å². The highest BCUT2D eigenvalue weighted by Gasteiger charge is 2.39. The van der Waals surface area contributed by atoms with E-state index >= 15 is 0 Å². The van der Waals surface area contributed by atoms with Crippen LogP contribution >= 0.6 is 11.6 Å². The summed E-state index contributed by atoms with van der Waals surface area (Å²) in [6.45, 7) is 0.0276. The van der Waals surface area contributed by atoms with E-state index in [1.54, 1.807) is 24.3 Å². The summed E-state index contributed by atoms with van der Waals surface area (Å²) in [5, 5.41) is 4.34. The van der Waals surface area contributed by atoms with Gasteiger partial charge < -0.3 is 10.5 Å². The zero-order valence-corrected chi connectivity index (χ0v) is 18.0. The standard InChI is InChI=1S/C20H21ClN4O5S/c21-15-5-9-17(10-6-15)31(28,29)25-11-1-2-18(25)20(27)24-23-12-14-3-7-16(8-4-14)30-13-19(22)26/h3-10,12,18H,1-2,11,13H2,(H2,22,26)(H,24,27)/b23-12+/t18-/m1/s1. The summed E-state index contributed by atoms with van der Waals surface area (Å²) >= 11 is 5.83. The van der Waals surface area contributed by atoms with Crippen molar-refractivity contribution in [1.82, 2.24) is 9.73 Å². The molecule has 3 rings (SSSR count). The number of nitrogens with zero attached hydrogens (tertiary/aromatic N) is 2. The molecule has 2 aromatic carbocycles. The van der Waals surface area contributed by atoms with E-state index in [-0.39, 0.29) is 18.0 Å². The molecule has 0 saturated carbocycles. The summed E-state index contributed by atoms with van der Waals surface area (Å²) in [6.07, 6.45) is 2.39. The van der Waals surface area contributed by atoms with Crippen LogP contribution in [0.2, 0.25) is 5.02 Å². The summed E-state index contributed by atoms with van der Waals surface area (Å²) in [5.74, 6) is -0.617. The Balaban J connectivity index is 1.61. The molecule has 3 N–H and O–H groups in total. The molecule has 0 unspecified atom stereocenters. The SMILES string of the molecule is NC(=O)COc1ccc(/C=N/NC(=O)[C@H]2CCCN2S(=O)(=O)c2ccc(Cl)cc2)cc1. The fourth-order valence-corrected chi connectivity index (χ4v) is 4.86. The van der Waals surface area contributed by atoms with Crippen LogP contribution in [0.4, 0.5) is 0 Å². The van der Waals surface area contributed by atoms with Crippen LogP contribution in [0.5, 0.6) is 5.75 Å². The minimum absolute atomic E-state index is 0.0822. The number of nitrogens with two attached hydrogens (primary N) is 1. The minimum Gasteiger partial charge on any atom is -0.484 e. The number of hydrogen-bond donors (Lipinski definition) is 2. The minimum atomic E-state index is -3.83. The third-order valence-corrected chi connectivity index (χ3v) is 6.75. The molecule has 1 heterocycles. The molecule has 0 aliphatic carbocycles. The van der Waals surface area contributed by atoms with Crippen molar-refractivity contribution in [3.05, 3.63) is 59.1 Å². The first kappa shape index (κ1) is 22.7. The van der Waals surface area contributed by atoms with Crippen LogP contribution in [0.25, 0.3) is 0 Å². The molecule has 0 bridgehead atoms. The summed E-state index contributed by atoms with van der Waals surface area (Å²) in [5.41, 5.74) is 8.09. The molecular weight excluding hydrogens is 444 g/mol. The van der Waals surface area contributed by atoms with Crippen molar-refractivity contribution in [2.45, 2.75) is 23.8 Å². The van der Waals surface area contributed by atoms with Crippen molar-refractivity contribution in [2.75, 3.05) is 13.2 Å². The van der Waals surface area contributed by atoms with Gasteiger partial charge in [-0.1, -0.05) is 11.6 Å². The van der Waals surface area contributed by atoms with Gasteiger partial charge in [0, 0.05) is 11.6 Å². The summed E-state index contributed by atoms with van der Waals surface area (Å²) in [6, 6.07) is 11.6. The number of primary amides is 1. The zero-order valence-electron chi connectivity index (χ0n) is 16.4.